The molecule has 1 unspecified atom stereocenters. The number of aromatic nitrogens is 1. The number of pyridine rings is 1. The Labute approximate surface area is 97.2 Å². The second kappa shape index (κ2) is 5.30. The molecule has 1 atom stereocenters. The van der Waals surface area contributed by atoms with Gasteiger partial charge in [0, 0.05) is 12.2 Å². The minimum atomic E-state index is 0.421. The van der Waals surface area contributed by atoms with Gasteiger partial charge >= 0.3 is 0 Å². The Hall–Kier alpha value is -1.09. The van der Waals surface area contributed by atoms with Gasteiger partial charge in [-0.15, -0.1) is 0 Å². The largest absolute Gasteiger partial charge is 0.495 e. The van der Waals surface area contributed by atoms with E-state index in [1.165, 1.54) is 31.2 Å². The lowest BCUT2D eigenvalue weighted by Crippen LogP contribution is -2.23. The molecule has 2 rings (SSSR count). The fourth-order valence-electron chi connectivity index (χ4n) is 2.68. The van der Waals surface area contributed by atoms with Crippen molar-refractivity contribution < 1.29 is 4.74 Å². The molecular weight excluding hydrogens is 200 g/mol. The van der Waals surface area contributed by atoms with Gasteiger partial charge in [0.05, 0.1) is 13.3 Å². The number of ether oxygens (including phenoxy) is 1. The van der Waals surface area contributed by atoms with Gasteiger partial charge < -0.3 is 10.1 Å². The fourth-order valence-corrected chi connectivity index (χ4v) is 2.68. The highest BCUT2D eigenvalue weighted by atomic mass is 16.5. The minimum absolute atomic E-state index is 0.421. The van der Waals surface area contributed by atoms with Crippen LogP contribution < -0.4 is 10.1 Å². The van der Waals surface area contributed by atoms with Gasteiger partial charge in [-0.3, -0.25) is 4.98 Å². The molecule has 0 aliphatic heterocycles. The van der Waals surface area contributed by atoms with E-state index in [1.807, 2.05) is 13.2 Å². The second-order valence-electron chi connectivity index (χ2n) is 4.47. The molecule has 1 aromatic rings. The van der Waals surface area contributed by atoms with Crippen LogP contribution in [0.25, 0.3) is 0 Å². The van der Waals surface area contributed by atoms with Crippen LogP contribution in [-0.4, -0.2) is 19.1 Å². The number of hydrogen-bond donors (Lipinski definition) is 1. The van der Waals surface area contributed by atoms with Gasteiger partial charge in [0.25, 0.3) is 0 Å². The van der Waals surface area contributed by atoms with Crippen molar-refractivity contribution in [2.45, 2.75) is 31.7 Å². The second-order valence-corrected chi connectivity index (χ2v) is 4.47. The topological polar surface area (TPSA) is 34.2 Å². The molecule has 1 N–H and O–H groups in total. The van der Waals surface area contributed by atoms with Gasteiger partial charge in [-0.05, 0) is 37.4 Å². The molecule has 1 saturated carbocycles. The summed E-state index contributed by atoms with van der Waals surface area (Å²) in [6, 6.07) is 2.51. The molecule has 1 aliphatic rings. The van der Waals surface area contributed by atoms with Crippen LogP contribution in [0.2, 0.25) is 0 Å². The molecule has 3 heteroatoms. The summed E-state index contributed by atoms with van der Waals surface area (Å²) < 4.78 is 5.22. The molecule has 0 bridgehead atoms. The Morgan fingerprint density at radius 2 is 2.12 bits per heavy atom. The lowest BCUT2D eigenvalue weighted by Gasteiger charge is -2.23. The van der Waals surface area contributed by atoms with Crippen molar-refractivity contribution >= 4 is 0 Å². The zero-order chi connectivity index (χ0) is 11.4. The van der Waals surface area contributed by atoms with Crippen molar-refractivity contribution in [2.75, 3.05) is 14.2 Å². The standard InChI is InChI=1S/C13H20N2O/c1-14-13(10-5-3-4-6-10)11-7-12(16-2)9-15-8-11/h7-10,13-14H,3-6H2,1-2H3. The zero-order valence-corrected chi connectivity index (χ0v) is 10.1. The minimum Gasteiger partial charge on any atom is -0.495 e. The van der Waals surface area contributed by atoms with Crippen LogP contribution in [0, 0.1) is 5.92 Å². The summed E-state index contributed by atoms with van der Waals surface area (Å²) in [6.45, 7) is 0. The smallest absolute Gasteiger partial charge is 0.137 e. The van der Waals surface area contributed by atoms with Crippen LogP contribution in [-0.2, 0) is 0 Å². The SMILES string of the molecule is CNC(c1cncc(OC)c1)C1CCCC1. The van der Waals surface area contributed by atoms with Crippen LogP contribution in [0.5, 0.6) is 5.75 Å². The van der Waals surface area contributed by atoms with Crippen molar-refractivity contribution in [3.05, 3.63) is 24.0 Å². The first-order valence-corrected chi connectivity index (χ1v) is 6.01. The van der Waals surface area contributed by atoms with E-state index < -0.39 is 0 Å². The number of methoxy groups -OCH3 is 1. The van der Waals surface area contributed by atoms with E-state index in [0.717, 1.165) is 11.7 Å². The van der Waals surface area contributed by atoms with Crippen molar-refractivity contribution in [1.82, 2.24) is 10.3 Å². The number of hydrogen-bond acceptors (Lipinski definition) is 3. The Bertz CT molecular complexity index is 334. The molecule has 1 aromatic heterocycles. The summed E-state index contributed by atoms with van der Waals surface area (Å²) in [4.78, 5) is 4.23. The normalized spacial score (nSPS) is 18.6. The Morgan fingerprint density at radius 1 is 1.38 bits per heavy atom. The summed E-state index contributed by atoms with van der Waals surface area (Å²) >= 11 is 0. The van der Waals surface area contributed by atoms with E-state index in [0.29, 0.717) is 6.04 Å². The highest BCUT2D eigenvalue weighted by Gasteiger charge is 2.25. The maximum atomic E-state index is 5.22. The third-order valence-electron chi connectivity index (χ3n) is 3.51. The number of rotatable bonds is 4. The Balaban J connectivity index is 2.18. The first kappa shape index (κ1) is 11.4. The molecule has 88 valence electrons. The predicted octanol–water partition coefficient (Wildman–Crippen LogP) is 2.54. The predicted molar refractivity (Wildman–Crippen MR) is 64.5 cm³/mol. The molecule has 0 amide bonds. The van der Waals surface area contributed by atoms with Gasteiger partial charge in [-0.2, -0.15) is 0 Å². The molecule has 1 heterocycles. The van der Waals surface area contributed by atoms with E-state index in [-0.39, 0.29) is 0 Å². The van der Waals surface area contributed by atoms with Crippen molar-refractivity contribution in [2.24, 2.45) is 5.92 Å². The van der Waals surface area contributed by atoms with Gasteiger partial charge in [-0.25, -0.2) is 0 Å². The lowest BCUT2D eigenvalue weighted by molar-refractivity contribution is 0.382. The first-order chi connectivity index (χ1) is 7.85. The molecule has 0 aromatic carbocycles. The van der Waals surface area contributed by atoms with Crippen LogP contribution in [0.15, 0.2) is 18.5 Å². The van der Waals surface area contributed by atoms with E-state index >= 15 is 0 Å². The van der Waals surface area contributed by atoms with Crippen LogP contribution in [0.1, 0.15) is 37.3 Å². The summed E-state index contributed by atoms with van der Waals surface area (Å²) in [5.74, 6) is 1.59. The number of nitrogens with zero attached hydrogens (tertiary/aromatic N) is 1. The van der Waals surface area contributed by atoms with Crippen molar-refractivity contribution in [3.63, 3.8) is 0 Å². The maximum absolute atomic E-state index is 5.22. The monoisotopic (exact) mass is 220 g/mol. The van der Waals surface area contributed by atoms with E-state index in [4.69, 9.17) is 4.74 Å². The maximum Gasteiger partial charge on any atom is 0.137 e. The molecule has 3 nitrogen and oxygen atoms in total. The average molecular weight is 220 g/mol. The molecule has 0 saturated heterocycles. The average Bonchev–Trinajstić information content (AvgIpc) is 2.84. The fraction of sp³-hybridized carbons (Fsp3) is 0.615. The number of nitrogens with one attached hydrogen (secondary N) is 1. The molecular formula is C13H20N2O. The molecule has 0 spiro atoms. The van der Waals surface area contributed by atoms with E-state index in [1.54, 1.807) is 13.3 Å². The van der Waals surface area contributed by atoms with Crippen molar-refractivity contribution in [1.29, 1.82) is 0 Å². The summed E-state index contributed by atoms with van der Waals surface area (Å²) in [5.41, 5.74) is 1.24. The molecule has 0 radical (unpaired) electrons. The van der Waals surface area contributed by atoms with Crippen LogP contribution >= 0.6 is 0 Å². The first-order valence-electron chi connectivity index (χ1n) is 6.01. The van der Waals surface area contributed by atoms with Crippen LogP contribution in [0.4, 0.5) is 0 Å². The highest BCUT2D eigenvalue weighted by molar-refractivity contribution is 5.26. The van der Waals surface area contributed by atoms with E-state index in [2.05, 4.69) is 16.4 Å². The van der Waals surface area contributed by atoms with Gasteiger partial charge in [-0.1, -0.05) is 12.8 Å². The molecule has 16 heavy (non-hydrogen) atoms. The Kier molecular flexibility index (Phi) is 3.78. The quantitative estimate of drug-likeness (QED) is 0.846. The third-order valence-corrected chi connectivity index (χ3v) is 3.51. The Morgan fingerprint density at radius 3 is 2.75 bits per heavy atom. The zero-order valence-electron chi connectivity index (χ0n) is 10.1. The van der Waals surface area contributed by atoms with Crippen LogP contribution in [0.3, 0.4) is 0 Å². The summed E-state index contributed by atoms with van der Waals surface area (Å²) in [5, 5.41) is 3.42. The summed E-state index contributed by atoms with van der Waals surface area (Å²) in [6.07, 6.45) is 9.07. The summed E-state index contributed by atoms with van der Waals surface area (Å²) in [7, 11) is 3.72. The van der Waals surface area contributed by atoms with Gasteiger partial charge in [0.2, 0.25) is 0 Å². The lowest BCUT2D eigenvalue weighted by atomic mass is 9.93. The molecule has 1 aliphatic carbocycles. The van der Waals surface area contributed by atoms with Gasteiger partial charge in [0.1, 0.15) is 5.75 Å². The third kappa shape index (κ3) is 2.35. The van der Waals surface area contributed by atoms with Gasteiger partial charge in [0.15, 0.2) is 0 Å². The van der Waals surface area contributed by atoms with Crippen molar-refractivity contribution in [3.8, 4) is 5.75 Å². The highest BCUT2D eigenvalue weighted by Crippen LogP contribution is 2.35. The van der Waals surface area contributed by atoms with E-state index in [9.17, 15) is 0 Å². The molecule has 1 fully saturated rings.